The summed E-state index contributed by atoms with van der Waals surface area (Å²) < 4.78 is 0. The van der Waals surface area contributed by atoms with Crippen LogP contribution < -0.4 is 16.1 Å². The summed E-state index contributed by atoms with van der Waals surface area (Å²) in [7, 11) is 0. The molecule has 7 nitrogen and oxygen atoms in total. The Morgan fingerprint density at radius 1 is 1.38 bits per heavy atom. The maximum Gasteiger partial charge on any atom is 0.271 e. The fraction of sp³-hybridized carbons (Fsp3) is 0.438. The molecule has 1 atom stereocenters. The van der Waals surface area contributed by atoms with E-state index in [1.807, 2.05) is 0 Å². The second-order valence-corrected chi connectivity index (χ2v) is 5.94. The number of pyridine rings is 1. The molecule has 1 aromatic rings. The summed E-state index contributed by atoms with van der Waals surface area (Å²) in [5.74, 6) is -0.464. The molecule has 2 rings (SSSR count). The molecule has 0 bridgehead atoms. The van der Waals surface area contributed by atoms with E-state index >= 15 is 0 Å². The predicted molar refractivity (Wildman–Crippen MR) is 95.6 cm³/mol. The molecule has 0 aliphatic carbocycles. The number of hydrogen-bond acceptors (Lipinski definition) is 5. The van der Waals surface area contributed by atoms with Crippen LogP contribution in [-0.2, 0) is 4.79 Å². The maximum atomic E-state index is 12.1. The number of aromatic nitrogens is 1. The molecule has 0 aromatic carbocycles. The van der Waals surface area contributed by atoms with Gasteiger partial charge in [-0.25, -0.2) is 5.43 Å². The topological polar surface area (TPSA) is 95.5 Å². The van der Waals surface area contributed by atoms with Gasteiger partial charge in [-0.3, -0.25) is 14.6 Å². The highest BCUT2D eigenvalue weighted by molar-refractivity contribution is 7.80. The van der Waals surface area contributed by atoms with E-state index < -0.39 is 6.04 Å². The van der Waals surface area contributed by atoms with Crippen molar-refractivity contribution >= 4 is 34.9 Å². The average molecular weight is 347 g/mol. The van der Waals surface area contributed by atoms with Gasteiger partial charge in [-0.2, -0.15) is 5.10 Å². The lowest BCUT2D eigenvalue weighted by molar-refractivity contribution is -0.119. The number of hydrogen-bond donors (Lipinski definition) is 3. The zero-order valence-electron chi connectivity index (χ0n) is 13.5. The summed E-state index contributed by atoms with van der Waals surface area (Å²) in [6, 6.07) is 2.80. The number of hydrazone groups is 1. The zero-order valence-corrected chi connectivity index (χ0v) is 14.4. The van der Waals surface area contributed by atoms with Crippen LogP contribution in [0.15, 0.2) is 29.6 Å². The molecule has 0 radical (unpaired) electrons. The molecule has 128 valence electrons. The maximum absolute atomic E-state index is 12.1. The van der Waals surface area contributed by atoms with Gasteiger partial charge >= 0.3 is 0 Å². The molecule has 1 unspecified atom stereocenters. The Morgan fingerprint density at radius 3 is 2.75 bits per heavy atom. The molecule has 1 saturated heterocycles. The third-order valence-corrected chi connectivity index (χ3v) is 3.85. The molecule has 8 heteroatoms. The minimum atomic E-state index is -0.435. The van der Waals surface area contributed by atoms with Gasteiger partial charge < -0.3 is 10.6 Å². The van der Waals surface area contributed by atoms with Crippen molar-refractivity contribution in [1.29, 1.82) is 0 Å². The lowest BCUT2D eigenvalue weighted by Crippen LogP contribution is -2.32. The van der Waals surface area contributed by atoms with E-state index in [2.05, 4.69) is 33.1 Å². The summed E-state index contributed by atoms with van der Waals surface area (Å²) in [5.41, 5.74) is 3.81. The highest BCUT2D eigenvalue weighted by Gasteiger charge is 2.28. The molecule has 2 heterocycles. The van der Waals surface area contributed by atoms with Gasteiger partial charge in [0.05, 0.1) is 0 Å². The summed E-state index contributed by atoms with van der Waals surface area (Å²) in [4.78, 5) is 27.7. The molecular weight excluding hydrogens is 326 g/mol. The van der Waals surface area contributed by atoms with E-state index in [0.717, 1.165) is 31.4 Å². The molecule has 1 aliphatic heterocycles. The highest BCUT2D eigenvalue weighted by atomic mass is 32.1. The van der Waals surface area contributed by atoms with Crippen LogP contribution >= 0.6 is 12.2 Å². The second kappa shape index (κ2) is 9.07. The van der Waals surface area contributed by atoms with Crippen LogP contribution in [0, 0.1) is 0 Å². The Balaban J connectivity index is 2.00. The van der Waals surface area contributed by atoms with Gasteiger partial charge in [-0.15, -0.1) is 0 Å². The van der Waals surface area contributed by atoms with Crippen molar-refractivity contribution in [2.75, 3.05) is 0 Å². The van der Waals surface area contributed by atoms with E-state index in [9.17, 15) is 9.59 Å². The molecule has 0 spiro atoms. The Morgan fingerprint density at radius 2 is 2.12 bits per heavy atom. The van der Waals surface area contributed by atoms with Gasteiger partial charge in [0.2, 0.25) is 5.91 Å². The van der Waals surface area contributed by atoms with E-state index in [0.29, 0.717) is 17.1 Å². The van der Waals surface area contributed by atoms with Crippen LogP contribution in [-0.4, -0.2) is 33.7 Å². The van der Waals surface area contributed by atoms with Gasteiger partial charge in [0, 0.05) is 30.1 Å². The van der Waals surface area contributed by atoms with Crippen molar-refractivity contribution in [2.45, 2.75) is 45.1 Å². The van der Waals surface area contributed by atoms with Gasteiger partial charge in [0.15, 0.2) is 5.11 Å². The highest BCUT2D eigenvalue weighted by Crippen LogP contribution is 2.08. The summed E-state index contributed by atoms with van der Waals surface area (Å²) in [6.45, 7) is 2.12. The van der Waals surface area contributed by atoms with Crippen LogP contribution in [0.5, 0.6) is 0 Å². The number of nitrogens with one attached hydrogen (secondary N) is 3. The number of nitrogens with zero attached hydrogens (tertiary/aromatic N) is 2. The van der Waals surface area contributed by atoms with Crippen molar-refractivity contribution in [3.8, 4) is 0 Å². The third-order valence-electron chi connectivity index (χ3n) is 3.63. The van der Waals surface area contributed by atoms with Crippen molar-refractivity contribution < 1.29 is 9.59 Å². The van der Waals surface area contributed by atoms with Crippen LogP contribution in [0.1, 0.15) is 49.4 Å². The first-order valence-electron chi connectivity index (χ1n) is 7.97. The third kappa shape index (κ3) is 5.38. The fourth-order valence-corrected chi connectivity index (χ4v) is 2.56. The Kier molecular flexibility index (Phi) is 6.80. The molecule has 1 fully saturated rings. The van der Waals surface area contributed by atoms with Crippen molar-refractivity contribution in [3.05, 3.63) is 30.1 Å². The number of amides is 2. The van der Waals surface area contributed by atoms with Crippen LogP contribution in [0.2, 0.25) is 0 Å². The first-order chi connectivity index (χ1) is 11.6. The lowest BCUT2D eigenvalue weighted by Gasteiger charge is -2.11. The van der Waals surface area contributed by atoms with Crippen molar-refractivity contribution in [3.63, 3.8) is 0 Å². The second-order valence-electron chi connectivity index (χ2n) is 5.53. The van der Waals surface area contributed by atoms with E-state index in [-0.39, 0.29) is 11.8 Å². The lowest BCUT2D eigenvalue weighted by atomic mass is 10.0. The van der Waals surface area contributed by atoms with Crippen LogP contribution in [0.4, 0.5) is 0 Å². The normalized spacial score (nSPS) is 17.4. The number of rotatable bonds is 8. The number of carbonyl (C=O) groups excluding carboxylic acids is 2. The zero-order chi connectivity index (χ0) is 17.4. The van der Waals surface area contributed by atoms with Gasteiger partial charge in [0.25, 0.3) is 5.91 Å². The molecule has 3 N–H and O–H groups in total. The quantitative estimate of drug-likeness (QED) is 0.287. The Hall–Kier alpha value is -2.35. The first kappa shape index (κ1) is 18.0. The average Bonchev–Trinajstić information content (AvgIpc) is 2.90. The Labute approximate surface area is 146 Å². The standard InChI is InChI=1S/C16H21N5O2S/c1-2-3-4-5-12(10-13-15(23)19-16(24)18-13)20-21-14(22)11-6-8-17-9-7-11/h6-9,13H,2-5,10H2,1H3,(H,21,22)(H2,18,19,23,24). The molecule has 1 aliphatic rings. The monoisotopic (exact) mass is 347 g/mol. The Bertz CT molecular complexity index is 633. The minimum absolute atomic E-state index is 0.163. The molecular formula is C16H21N5O2S. The summed E-state index contributed by atoms with van der Waals surface area (Å²) in [6.07, 6.45) is 7.35. The number of thiocarbonyl (C=S) groups is 1. The summed E-state index contributed by atoms with van der Waals surface area (Å²) in [5, 5.41) is 10.0. The smallest absolute Gasteiger partial charge is 0.271 e. The van der Waals surface area contributed by atoms with E-state index in [4.69, 9.17) is 12.2 Å². The number of carbonyl (C=O) groups is 2. The molecule has 2 amide bonds. The van der Waals surface area contributed by atoms with Crippen molar-refractivity contribution in [2.24, 2.45) is 5.10 Å². The molecule has 24 heavy (non-hydrogen) atoms. The summed E-state index contributed by atoms with van der Waals surface area (Å²) >= 11 is 4.94. The molecule has 1 aromatic heterocycles. The SMILES string of the molecule is CCCCCC(CC1NC(=S)NC1=O)=NNC(=O)c1ccncc1. The minimum Gasteiger partial charge on any atom is -0.350 e. The van der Waals surface area contributed by atoms with Crippen molar-refractivity contribution in [1.82, 2.24) is 21.0 Å². The van der Waals surface area contributed by atoms with Crippen LogP contribution in [0.3, 0.4) is 0 Å². The molecule has 0 saturated carbocycles. The van der Waals surface area contributed by atoms with E-state index in [1.165, 1.54) is 0 Å². The fourth-order valence-electron chi connectivity index (χ4n) is 2.32. The van der Waals surface area contributed by atoms with Gasteiger partial charge in [0.1, 0.15) is 6.04 Å². The van der Waals surface area contributed by atoms with Gasteiger partial charge in [-0.1, -0.05) is 19.8 Å². The number of unbranched alkanes of at least 4 members (excludes halogenated alkanes) is 2. The first-order valence-corrected chi connectivity index (χ1v) is 8.38. The predicted octanol–water partition coefficient (Wildman–Crippen LogP) is 1.51. The van der Waals surface area contributed by atoms with E-state index in [1.54, 1.807) is 24.5 Å². The van der Waals surface area contributed by atoms with Crippen LogP contribution in [0.25, 0.3) is 0 Å². The largest absolute Gasteiger partial charge is 0.350 e. The van der Waals surface area contributed by atoms with Gasteiger partial charge in [-0.05, 0) is 37.2 Å².